The number of hydrogen-bond donors (Lipinski definition) is 0. The third kappa shape index (κ3) is 55.4. The van der Waals surface area contributed by atoms with Crippen molar-refractivity contribution in [3.05, 3.63) is 182 Å². The first kappa shape index (κ1) is 66.5. The summed E-state index contributed by atoms with van der Waals surface area (Å²) in [5, 5.41) is 0. The van der Waals surface area contributed by atoms with E-state index in [4.69, 9.17) is 14.2 Å². The van der Waals surface area contributed by atoms with Crippen LogP contribution in [0.25, 0.3) is 0 Å². The second-order valence-electron chi connectivity index (χ2n) is 17.7. The summed E-state index contributed by atoms with van der Waals surface area (Å²) in [5.41, 5.74) is 0. The number of unbranched alkanes of at least 4 members (excludes halogenated alkanes) is 18. The molecule has 0 radical (unpaired) electrons. The van der Waals surface area contributed by atoms with Crippen LogP contribution in [0, 0.1) is 0 Å². The van der Waals surface area contributed by atoms with Gasteiger partial charge in [-0.2, -0.15) is 0 Å². The van der Waals surface area contributed by atoms with Crippen molar-refractivity contribution < 1.29 is 28.6 Å². The van der Waals surface area contributed by atoms with Gasteiger partial charge < -0.3 is 14.2 Å². The Bertz CT molecular complexity index is 1750. The molecule has 0 aromatic rings. The van der Waals surface area contributed by atoms with Crippen LogP contribution in [0.5, 0.6) is 0 Å². The van der Waals surface area contributed by atoms with Crippen LogP contribution in [0.1, 0.15) is 194 Å². The Morgan fingerprint density at radius 1 is 0.292 bits per heavy atom. The predicted octanol–water partition coefficient (Wildman–Crippen LogP) is 18.9. The van der Waals surface area contributed by atoms with Gasteiger partial charge in [-0.3, -0.25) is 14.4 Å². The summed E-state index contributed by atoms with van der Waals surface area (Å²) in [5.74, 6) is -1.05. The molecular weight excluding hydrogens is 889 g/mol. The van der Waals surface area contributed by atoms with E-state index < -0.39 is 6.10 Å². The average molecular weight is 988 g/mol. The van der Waals surface area contributed by atoms with Crippen LogP contribution in [-0.4, -0.2) is 37.2 Å². The minimum atomic E-state index is -0.836. The maximum Gasteiger partial charge on any atom is 0.306 e. The average Bonchev–Trinajstić information content (AvgIpc) is 3.38. The molecule has 0 rings (SSSR count). The molecule has 0 aliphatic heterocycles. The lowest BCUT2D eigenvalue weighted by atomic mass is 10.1. The van der Waals surface area contributed by atoms with E-state index in [9.17, 15) is 14.4 Å². The van der Waals surface area contributed by atoms with E-state index in [1.54, 1.807) is 0 Å². The van der Waals surface area contributed by atoms with Crippen LogP contribution in [0.15, 0.2) is 182 Å². The summed E-state index contributed by atoms with van der Waals surface area (Å²) < 4.78 is 16.8. The highest BCUT2D eigenvalue weighted by molar-refractivity contribution is 5.71. The molecule has 398 valence electrons. The molecule has 0 aromatic heterocycles. The minimum Gasteiger partial charge on any atom is -0.462 e. The number of esters is 3. The Hall–Kier alpha value is -5.49. The fourth-order valence-corrected chi connectivity index (χ4v) is 6.86. The fourth-order valence-electron chi connectivity index (χ4n) is 6.86. The number of hydrogen-bond acceptors (Lipinski definition) is 6. The highest BCUT2D eigenvalue weighted by atomic mass is 16.6. The third-order valence-corrected chi connectivity index (χ3v) is 11.0. The summed E-state index contributed by atoms with van der Waals surface area (Å²) in [6, 6.07) is 0. The Morgan fingerprint density at radius 2 is 0.542 bits per heavy atom. The number of rotatable bonds is 47. The SMILES string of the molecule is CC\C=C/C=C\C=C/C=C\C=C\C=C/C=C\CCCCCC(=O)OCC(COC(=O)CCCCC\C=C/C=C/C=C\C=C/C=C\C=C/CC)OC(=O)CCCCCCC/C=C\C=C/CCCCCCCCC. The molecular formula is C66H98O6. The van der Waals surface area contributed by atoms with E-state index in [1.807, 2.05) is 134 Å². The molecule has 0 aromatic carbocycles. The Morgan fingerprint density at radius 3 is 0.875 bits per heavy atom. The Balaban J connectivity index is 4.66. The molecule has 0 heterocycles. The Labute approximate surface area is 440 Å². The molecule has 0 aliphatic carbocycles. The van der Waals surface area contributed by atoms with E-state index in [-0.39, 0.29) is 50.4 Å². The lowest BCUT2D eigenvalue weighted by molar-refractivity contribution is -0.167. The first-order valence-corrected chi connectivity index (χ1v) is 28.0. The lowest BCUT2D eigenvalue weighted by Gasteiger charge is -2.18. The van der Waals surface area contributed by atoms with Crippen molar-refractivity contribution in [2.24, 2.45) is 0 Å². The molecule has 0 amide bonds. The molecule has 0 spiro atoms. The molecule has 6 nitrogen and oxygen atoms in total. The number of carbonyl (C=O) groups is 3. The molecule has 1 unspecified atom stereocenters. The zero-order valence-electron chi connectivity index (χ0n) is 45.4. The monoisotopic (exact) mass is 987 g/mol. The van der Waals surface area contributed by atoms with Crippen LogP contribution in [0.4, 0.5) is 0 Å². The summed E-state index contributed by atoms with van der Waals surface area (Å²) in [7, 11) is 0. The van der Waals surface area contributed by atoms with Gasteiger partial charge in [0.15, 0.2) is 6.10 Å². The molecule has 0 fully saturated rings. The summed E-state index contributed by atoms with van der Waals surface area (Å²) >= 11 is 0. The van der Waals surface area contributed by atoms with Gasteiger partial charge in [-0.25, -0.2) is 0 Å². The largest absolute Gasteiger partial charge is 0.462 e. The molecule has 6 heteroatoms. The van der Waals surface area contributed by atoms with Gasteiger partial charge >= 0.3 is 17.9 Å². The van der Waals surface area contributed by atoms with E-state index in [1.165, 1.54) is 44.9 Å². The quantitative estimate of drug-likeness (QED) is 0.0262. The zero-order chi connectivity index (χ0) is 52.2. The van der Waals surface area contributed by atoms with Crippen LogP contribution < -0.4 is 0 Å². The zero-order valence-corrected chi connectivity index (χ0v) is 45.4. The normalized spacial score (nSPS) is 13.5. The van der Waals surface area contributed by atoms with Crippen molar-refractivity contribution in [2.75, 3.05) is 13.2 Å². The molecule has 0 saturated heterocycles. The summed E-state index contributed by atoms with van der Waals surface area (Å²) in [4.78, 5) is 38.2. The van der Waals surface area contributed by atoms with Crippen LogP contribution in [0.2, 0.25) is 0 Å². The van der Waals surface area contributed by atoms with Gasteiger partial charge in [0.2, 0.25) is 0 Å². The second-order valence-corrected chi connectivity index (χ2v) is 17.7. The summed E-state index contributed by atoms with van der Waals surface area (Å²) in [6.45, 7) is 6.23. The first-order chi connectivity index (χ1) is 35.5. The van der Waals surface area contributed by atoms with Gasteiger partial charge in [0.05, 0.1) is 0 Å². The van der Waals surface area contributed by atoms with Crippen LogP contribution in [-0.2, 0) is 28.6 Å². The van der Waals surface area contributed by atoms with Gasteiger partial charge in [-0.15, -0.1) is 0 Å². The number of allylic oxidation sites excluding steroid dienone is 30. The minimum absolute atomic E-state index is 0.133. The molecule has 0 aliphatic rings. The molecule has 1 atom stereocenters. The van der Waals surface area contributed by atoms with Crippen LogP contribution >= 0.6 is 0 Å². The maximum absolute atomic E-state index is 12.9. The molecule has 72 heavy (non-hydrogen) atoms. The van der Waals surface area contributed by atoms with Crippen molar-refractivity contribution in [3.63, 3.8) is 0 Å². The van der Waals surface area contributed by atoms with Crippen molar-refractivity contribution in [1.29, 1.82) is 0 Å². The molecule has 0 N–H and O–H groups in total. The van der Waals surface area contributed by atoms with E-state index in [0.29, 0.717) is 12.8 Å². The standard InChI is InChI=1S/C66H98O6/c1-4-7-10-13-16-19-22-25-28-31-33-36-38-41-44-47-50-53-56-59-65(68)71-62-63(61-70-64(67)58-55-52-49-46-43-40-37-34-30-27-24-21-18-15-12-9-6-3)72-66(69)60-57-54-51-48-45-42-39-35-32-29-26-23-20-17-14-11-8-5-2/h7,9-10,12-13,15-16,18-19,21-22,24-25,27-41,43-44,63H,4-6,8,11,14,17,20,23,26,42,45-62H2,1-3H3/b10-7-,12-9-,16-13-,18-15-,22-19-,24-21-,28-25-,30-27-,32-29-,33-31+,37-34+,38-36-,39-35-,43-40-,44-41-. The number of carbonyl (C=O) groups excluding carboxylic acids is 3. The third-order valence-electron chi connectivity index (χ3n) is 11.0. The second kappa shape index (κ2) is 58.1. The van der Waals surface area contributed by atoms with E-state index >= 15 is 0 Å². The predicted molar refractivity (Wildman–Crippen MR) is 311 cm³/mol. The first-order valence-electron chi connectivity index (χ1n) is 28.0. The van der Waals surface area contributed by atoms with Gasteiger partial charge in [0, 0.05) is 19.3 Å². The van der Waals surface area contributed by atoms with Crippen molar-refractivity contribution in [1.82, 2.24) is 0 Å². The highest BCUT2D eigenvalue weighted by Crippen LogP contribution is 2.12. The van der Waals surface area contributed by atoms with Crippen molar-refractivity contribution >= 4 is 17.9 Å². The van der Waals surface area contributed by atoms with Gasteiger partial charge in [0.1, 0.15) is 13.2 Å². The fraction of sp³-hybridized carbons (Fsp3) is 0.500. The highest BCUT2D eigenvalue weighted by Gasteiger charge is 2.19. The van der Waals surface area contributed by atoms with Gasteiger partial charge in [-0.05, 0) is 83.5 Å². The lowest BCUT2D eigenvalue weighted by Crippen LogP contribution is -2.30. The molecule has 0 saturated carbocycles. The maximum atomic E-state index is 12.9. The van der Waals surface area contributed by atoms with E-state index in [0.717, 1.165) is 96.3 Å². The molecule has 0 bridgehead atoms. The number of ether oxygens (including phenoxy) is 3. The smallest absolute Gasteiger partial charge is 0.306 e. The van der Waals surface area contributed by atoms with Crippen molar-refractivity contribution in [2.45, 2.75) is 200 Å². The topological polar surface area (TPSA) is 78.9 Å². The Kier molecular flexibility index (Phi) is 53.7. The summed E-state index contributed by atoms with van der Waals surface area (Å²) in [6.07, 6.45) is 87.2. The van der Waals surface area contributed by atoms with Gasteiger partial charge in [0.25, 0.3) is 0 Å². The van der Waals surface area contributed by atoms with E-state index in [2.05, 4.69) is 69.4 Å². The van der Waals surface area contributed by atoms with Crippen molar-refractivity contribution in [3.8, 4) is 0 Å². The van der Waals surface area contributed by atoms with Gasteiger partial charge in [-0.1, -0.05) is 274 Å². The van der Waals surface area contributed by atoms with Crippen LogP contribution in [0.3, 0.4) is 0 Å².